The number of carbonyl (C=O) groups is 2. The van der Waals surface area contributed by atoms with Crippen molar-refractivity contribution in [2.45, 2.75) is 25.3 Å². The van der Waals surface area contributed by atoms with E-state index in [9.17, 15) is 9.59 Å². The van der Waals surface area contributed by atoms with Crippen LogP contribution in [0.3, 0.4) is 0 Å². The van der Waals surface area contributed by atoms with Gasteiger partial charge in [-0.15, -0.1) is 0 Å². The van der Waals surface area contributed by atoms with E-state index in [0.717, 1.165) is 12.8 Å². The Labute approximate surface area is 211 Å². The minimum atomic E-state index is -0.298. The Kier molecular flexibility index (Phi) is 9.62. The molecule has 9 heteroatoms. The number of nitrogens with zero attached hydrogens (tertiary/aromatic N) is 3. The van der Waals surface area contributed by atoms with Crippen molar-refractivity contribution in [1.29, 1.82) is 0 Å². The van der Waals surface area contributed by atoms with Crippen LogP contribution in [0.5, 0.6) is 17.6 Å². The average molecular weight is 493 g/mol. The van der Waals surface area contributed by atoms with Gasteiger partial charge in [0.1, 0.15) is 5.69 Å². The van der Waals surface area contributed by atoms with Gasteiger partial charge in [0, 0.05) is 37.8 Å². The van der Waals surface area contributed by atoms with Crippen LogP contribution in [0.2, 0.25) is 0 Å². The van der Waals surface area contributed by atoms with Crippen LogP contribution in [0.1, 0.15) is 39.3 Å². The van der Waals surface area contributed by atoms with E-state index in [1.165, 1.54) is 26.9 Å². The Morgan fingerprint density at radius 3 is 2.17 bits per heavy atom. The summed E-state index contributed by atoms with van der Waals surface area (Å²) in [7, 11) is 6.25. The van der Waals surface area contributed by atoms with Crippen LogP contribution in [-0.2, 0) is 6.42 Å². The van der Waals surface area contributed by atoms with E-state index in [1.54, 1.807) is 42.3 Å². The number of benzene rings is 1. The molecule has 0 radical (unpaired) electrons. The number of carbonyl (C=O) groups excluding carboxylic acids is 2. The van der Waals surface area contributed by atoms with Crippen LogP contribution < -0.4 is 19.5 Å². The van der Waals surface area contributed by atoms with Gasteiger partial charge in [0.15, 0.2) is 0 Å². The van der Waals surface area contributed by atoms with Crippen LogP contribution in [-0.4, -0.2) is 67.6 Å². The first kappa shape index (κ1) is 26.5. The molecule has 2 heterocycles. The fourth-order valence-electron chi connectivity index (χ4n) is 3.79. The zero-order valence-electron chi connectivity index (χ0n) is 21.1. The third-order valence-electron chi connectivity index (χ3n) is 5.85. The topological polar surface area (TPSA) is 103 Å². The lowest BCUT2D eigenvalue weighted by atomic mass is 10.0. The number of hydrogen-bond acceptors (Lipinski definition) is 7. The van der Waals surface area contributed by atoms with Gasteiger partial charge in [0.25, 0.3) is 11.8 Å². The molecule has 0 unspecified atom stereocenters. The maximum absolute atomic E-state index is 13.4. The van der Waals surface area contributed by atoms with Crippen molar-refractivity contribution in [3.05, 3.63) is 77.5 Å². The molecule has 0 aliphatic rings. The molecule has 3 aromatic rings. The Bertz CT molecular complexity index is 1130. The average Bonchev–Trinajstić information content (AvgIpc) is 2.94. The molecule has 2 amide bonds. The molecule has 9 nitrogen and oxygen atoms in total. The maximum Gasteiger partial charge on any atom is 0.270 e. The number of hydrogen-bond donors (Lipinski definition) is 1. The first-order valence-corrected chi connectivity index (χ1v) is 11.7. The number of pyridine rings is 2. The molecule has 0 spiro atoms. The van der Waals surface area contributed by atoms with Gasteiger partial charge in [-0.2, -0.15) is 4.98 Å². The van der Waals surface area contributed by atoms with Crippen LogP contribution in [0.25, 0.3) is 0 Å². The normalized spacial score (nSPS) is 11.3. The first-order valence-electron chi connectivity index (χ1n) is 11.7. The van der Waals surface area contributed by atoms with E-state index < -0.39 is 0 Å². The Morgan fingerprint density at radius 2 is 1.53 bits per heavy atom. The number of amides is 2. The second-order valence-corrected chi connectivity index (χ2v) is 8.14. The molecule has 0 aliphatic heterocycles. The van der Waals surface area contributed by atoms with Crippen molar-refractivity contribution in [3.63, 3.8) is 0 Å². The van der Waals surface area contributed by atoms with Gasteiger partial charge in [0.05, 0.1) is 26.9 Å². The van der Waals surface area contributed by atoms with E-state index >= 15 is 0 Å². The summed E-state index contributed by atoms with van der Waals surface area (Å²) in [5, 5.41) is 2.90. The van der Waals surface area contributed by atoms with E-state index in [1.807, 2.05) is 18.2 Å². The summed E-state index contributed by atoms with van der Waals surface area (Å²) in [5.74, 6) is 0.480. The first-order chi connectivity index (χ1) is 17.4. The summed E-state index contributed by atoms with van der Waals surface area (Å²) in [6, 6.07) is 18.2. The lowest BCUT2D eigenvalue weighted by Crippen LogP contribution is -2.40. The van der Waals surface area contributed by atoms with Crippen molar-refractivity contribution < 1.29 is 23.8 Å². The van der Waals surface area contributed by atoms with E-state index in [2.05, 4.69) is 27.4 Å². The van der Waals surface area contributed by atoms with Gasteiger partial charge in [-0.1, -0.05) is 36.4 Å². The number of methoxy groups -OCH3 is 3. The van der Waals surface area contributed by atoms with E-state index in [-0.39, 0.29) is 23.6 Å². The van der Waals surface area contributed by atoms with Crippen molar-refractivity contribution in [2.75, 3.05) is 34.9 Å². The number of nitrogens with one attached hydrogen (secondary N) is 1. The van der Waals surface area contributed by atoms with Gasteiger partial charge in [-0.05, 0) is 30.9 Å². The number of aromatic nitrogens is 2. The fraction of sp³-hybridized carbons (Fsp3) is 0.333. The standard InChI is InChI=1S/C27H32N4O5/c1-31(27(33)20-17-24(35-3)30-25(18-20)36-4)21(14-13-19-9-6-5-7-10-19)15-16-28-26(32)22-11-8-12-23(29-22)34-2/h5-12,17-18,21H,13-16H2,1-4H3,(H,28,32)/t21-/m0/s1. The highest BCUT2D eigenvalue weighted by Crippen LogP contribution is 2.21. The summed E-state index contributed by atoms with van der Waals surface area (Å²) in [6.07, 6.45) is 2.07. The molecule has 1 N–H and O–H groups in total. The van der Waals surface area contributed by atoms with Gasteiger partial charge >= 0.3 is 0 Å². The van der Waals surface area contributed by atoms with Crippen LogP contribution >= 0.6 is 0 Å². The molecule has 0 fully saturated rings. The fourth-order valence-corrected chi connectivity index (χ4v) is 3.79. The summed E-state index contributed by atoms with van der Waals surface area (Å²) in [5.41, 5.74) is 1.87. The van der Waals surface area contributed by atoms with Crippen LogP contribution in [0, 0.1) is 0 Å². The zero-order valence-corrected chi connectivity index (χ0v) is 21.1. The Balaban J connectivity index is 1.72. The smallest absolute Gasteiger partial charge is 0.270 e. The lowest BCUT2D eigenvalue weighted by molar-refractivity contribution is 0.0714. The Hall–Kier alpha value is -4.14. The number of ether oxygens (including phenoxy) is 3. The second kappa shape index (κ2) is 13.1. The van der Waals surface area contributed by atoms with Crippen molar-refractivity contribution in [2.24, 2.45) is 0 Å². The quantitative estimate of drug-likeness (QED) is 0.413. The van der Waals surface area contributed by atoms with Crippen molar-refractivity contribution in [3.8, 4) is 17.6 Å². The summed E-state index contributed by atoms with van der Waals surface area (Å²) in [6.45, 7) is 0.373. The third kappa shape index (κ3) is 7.18. The van der Waals surface area contributed by atoms with Crippen molar-refractivity contribution in [1.82, 2.24) is 20.2 Å². The summed E-state index contributed by atoms with van der Waals surface area (Å²) >= 11 is 0. The molecule has 190 valence electrons. The number of rotatable bonds is 12. The highest BCUT2D eigenvalue weighted by atomic mass is 16.5. The molecule has 36 heavy (non-hydrogen) atoms. The van der Waals surface area contributed by atoms with Gasteiger partial charge in [-0.3, -0.25) is 9.59 Å². The highest BCUT2D eigenvalue weighted by Gasteiger charge is 2.23. The SMILES string of the molecule is COc1cc(C(=O)N(C)[C@H](CCNC(=O)c2cccc(OC)n2)CCc2ccccc2)cc(OC)n1. The van der Waals surface area contributed by atoms with Crippen LogP contribution in [0.15, 0.2) is 60.7 Å². The lowest BCUT2D eigenvalue weighted by Gasteiger charge is -2.29. The monoisotopic (exact) mass is 492 g/mol. The summed E-state index contributed by atoms with van der Waals surface area (Å²) < 4.78 is 15.5. The zero-order chi connectivity index (χ0) is 25.9. The molecule has 0 aliphatic carbocycles. The molecule has 3 rings (SSSR count). The predicted molar refractivity (Wildman–Crippen MR) is 136 cm³/mol. The molecule has 0 saturated heterocycles. The highest BCUT2D eigenvalue weighted by molar-refractivity contribution is 5.95. The molecule has 0 saturated carbocycles. The molecule has 0 bridgehead atoms. The maximum atomic E-state index is 13.4. The molecule has 1 atom stereocenters. The molecular formula is C27H32N4O5. The summed E-state index contributed by atoms with van der Waals surface area (Å²) in [4.78, 5) is 36.0. The minimum Gasteiger partial charge on any atom is -0.481 e. The van der Waals surface area contributed by atoms with Gasteiger partial charge in [0.2, 0.25) is 17.6 Å². The van der Waals surface area contributed by atoms with Gasteiger partial charge in [-0.25, -0.2) is 4.98 Å². The Morgan fingerprint density at radius 1 is 0.861 bits per heavy atom. The number of aryl methyl sites for hydroxylation is 1. The molecule has 1 aromatic carbocycles. The molecule has 2 aromatic heterocycles. The largest absolute Gasteiger partial charge is 0.481 e. The van der Waals surface area contributed by atoms with E-state index in [0.29, 0.717) is 36.2 Å². The predicted octanol–water partition coefficient (Wildman–Crippen LogP) is 3.40. The minimum absolute atomic E-state index is 0.138. The van der Waals surface area contributed by atoms with Gasteiger partial charge < -0.3 is 24.4 Å². The van der Waals surface area contributed by atoms with E-state index in [4.69, 9.17) is 14.2 Å². The second-order valence-electron chi connectivity index (χ2n) is 8.14. The van der Waals surface area contributed by atoms with Crippen molar-refractivity contribution >= 4 is 11.8 Å². The van der Waals surface area contributed by atoms with Crippen LogP contribution in [0.4, 0.5) is 0 Å². The third-order valence-corrected chi connectivity index (χ3v) is 5.85. The molecular weight excluding hydrogens is 460 g/mol.